The highest BCUT2D eigenvalue weighted by Crippen LogP contribution is 2.32. The van der Waals surface area contributed by atoms with E-state index < -0.39 is 9.84 Å². The summed E-state index contributed by atoms with van der Waals surface area (Å²) in [4.78, 5) is 0. The molecule has 0 aromatic heterocycles. The maximum absolute atomic E-state index is 10.9. The number of benzene rings is 1. The lowest BCUT2D eigenvalue weighted by Crippen LogP contribution is -1.92. The molecule has 0 unspecified atom stereocenters. The van der Waals surface area contributed by atoms with Crippen LogP contribution in [0.2, 0.25) is 0 Å². The van der Waals surface area contributed by atoms with Crippen molar-refractivity contribution in [1.82, 2.24) is 0 Å². The van der Waals surface area contributed by atoms with E-state index in [1.165, 1.54) is 6.08 Å². The van der Waals surface area contributed by atoms with E-state index in [0.29, 0.717) is 11.5 Å². The molecule has 80 valence electrons. The van der Waals surface area contributed by atoms with Gasteiger partial charge in [-0.2, -0.15) is 0 Å². The van der Waals surface area contributed by atoms with E-state index in [2.05, 4.69) is 0 Å². The van der Waals surface area contributed by atoms with Crippen LogP contribution in [0.4, 0.5) is 0 Å². The zero-order chi connectivity index (χ0) is 10.9. The molecule has 0 aliphatic carbocycles. The van der Waals surface area contributed by atoms with Gasteiger partial charge >= 0.3 is 0 Å². The van der Waals surface area contributed by atoms with Crippen molar-refractivity contribution in [3.8, 4) is 11.5 Å². The smallest absolute Gasteiger partial charge is 0.231 e. The number of rotatable bonds is 2. The van der Waals surface area contributed by atoms with Crippen molar-refractivity contribution in [2.75, 3.05) is 13.0 Å². The topological polar surface area (TPSA) is 52.6 Å². The highest BCUT2D eigenvalue weighted by atomic mass is 32.2. The number of ether oxygens (including phenoxy) is 2. The van der Waals surface area contributed by atoms with E-state index in [-0.39, 0.29) is 6.79 Å². The zero-order valence-corrected chi connectivity index (χ0v) is 8.95. The average Bonchev–Trinajstić information content (AvgIpc) is 2.60. The molecule has 1 aromatic carbocycles. The highest BCUT2D eigenvalue weighted by molar-refractivity contribution is 7.93. The monoisotopic (exact) mass is 226 g/mol. The molecule has 0 saturated carbocycles. The van der Waals surface area contributed by atoms with Crippen LogP contribution in [0, 0.1) is 0 Å². The van der Waals surface area contributed by atoms with Gasteiger partial charge in [-0.3, -0.25) is 0 Å². The Bertz CT molecular complexity index is 502. The molecular weight excluding hydrogens is 216 g/mol. The SMILES string of the molecule is CS(=O)(=O)C=Cc1ccc2c(c1)OCO2. The molecule has 0 bridgehead atoms. The van der Waals surface area contributed by atoms with Crippen LogP contribution in [-0.4, -0.2) is 21.5 Å². The molecule has 0 amide bonds. The first-order valence-corrected chi connectivity index (χ1v) is 6.28. The molecule has 15 heavy (non-hydrogen) atoms. The average molecular weight is 226 g/mol. The largest absolute Gasteiger partial charge is 0.454 e. The number of sulfone groups is 1. The Labute approximate surface area is 88.0 Å². The molecule has 0 atom stereocenters. The van der Waals surface area contributed by atoms with Crippen LogP contribution < -0.4 is 9.47 Å². The second-order valence-corrected chi connectivity index (χ2v) is 5.18. The maximum atomic E-state index is 10.9. The van der Waals surface area contributed by atoms with Gasteiger partial charge in [-0.15, -0.1) is 0 Å². The van der Waals surface area contributed by atoms with Crippen molar-refractivity contribution in [3.05, 3.63) is 29.2 Å². The van der Waals surface area contributed by atoms with Gasteiger partial charge in [0.25, 0.3) is 0 Å². The minimum absolute atomic E-state index is 0.217. The molecule has 0 N–H and O–H groups in total. The molecule has 5 heteroatoms. The van der Waals surface area contributed by atoms with Gasteiger partial charge in [-0.25, -0.2) is 8.42 Å². The summed E-state index contributed by atoms with van der Waals surface area (Å²) >= 11 is 0. The fourth-order valence-corrected chi connectivity index (χ4v) is 1.62. The lowest BCUT2D eigenvalue weighted by atomic mass is 10.2. The minimum Gasteiger partial charge on any atom is -0.454 e. The van der Waals surface area contributed by atoms with Gasteiger partial charge < -0.3 is 9.47 Å². The maximum Gasteiger partial charge on any atom is 0.231 e. The van der Waals surface area contributed by atoms with Crippen molar-refractivity contribution in [2.24, 2.45) is 0 Å². The van der Waals surface area contributed by atoms with Crippen LogP contribution in [0.3, 0.4) is 0 Å². The summed E-state index contributed by atoms with van der Waals surface area (Å²) in [6, 6.07) is 5.27. The van der Waals surface area contributed by atoms with Gasteiger partial charge in [0.05, 0.1) is 0 Å². The predicted octanol–water partition coefficient (Wildman–Crippen LogP) is 1.43. The molecule has 1 aliphatic rings. The predicted molar refractivity (Wildman–Crippen MR) is 56.4 cm³/mol. The Balaban J connectivity index is 2.28. The third kappa shape index (κ3) is 2.50. The molecule has 1 aliphatic heterocycles. The molecule has 0 fully saturated rings. The molecule has 1 heterocycles. The Morgan fingerprint density at radius 1 is 1.27 bits per heavy atom. The first-order chi connectivity index (χ1) is 7.04. The summed E-state index contributed by atoms with van der Waals surface area (Å²) in [5, 5.41) is 1.16. The van der Waals surface area contributed by atoms with Gasteiger partial charge in [0, 0.05) is 11.7 Å². The van der Waals surface area contributed by atoms with Crippen molar-refractivity contribution in [3.63, 3.8) is 0 Å². The summed E-state index contributed by atoms with van der Waals surface area (Å²) in [7, 11) is -3.09. The van der Waals surface area contributed by atoms with Gasteiger partial charge in [-0.05, 0) is 23.8 Å². The lowest BCUT2D eigenvalue weighted by molar-refractivity contribution is 0.174. The fraction of sp³-hybridized carbons (Fsp3) is 0.200. The van der Waals surface area contributed by atoms with Gasteiger partial charge in [0.2, 0.25) is 6.79 Å². The van der Waals surface area contributed by atoms with Crippen molar-refractivity contribution in [1.29, 1.82) is 0 Å². The fourth-order valence-electron chi connectivity index (χ4n) is 1.22. The van der Waals surface area contributed by atoms with Crippen molar-refractivity contribution < 1.29 is 17.9 Å². The van der Waals surface area contributed by atoms with Crippen molar-refractivity contribution >= 4 is 15.9 Å². The van der Waals surface area contributed by atoms with E-state index in [1.54, 1.807) is 18.2 Å². The molecule has 2 rings (SSSR count). The van der Waals surface area contributed by atoms with Crippen LogP contribution in [0.25, 0.3) is 6.08 Å². The zero-order valence-electron chi connectivity index (χ0n) is 8.14. The summed E-state index contributed by atoms with van der Waals surface area (Å²) in [6.45, 7) is 0.217. The highest BCUT2D eigenvalue weighted by Gasteiger charge is 2.12. The summed E-state index contributed by atoms with van der Waals surface area (Å²) in [5.41, 5.74) is 0.768. The molecule has 4 nitrogen and oxygen atoms in total. The third-order valence-electron chi connectivity index (χ3n) is 1.90. The van der Waals surface area contributed by atoms with Crippen LogP contribution in [0.15, 0.2) is 23.6 Å². The Morgan fingerprint density at radius 3 is 2.73 bits per heavy atom. The number of fused-ring (bicyclic) bond motifs is 1. The Hall–Kier alpha value is -1.49. The summed E-state index contributed by atoms with van der Waals surface area (Å²) < 4.78 is 32.1. The van der Waals surface area contributed by atoms with Crippen LogP contribution in [-0.2, 0) is 9.84 Å². The van der Waals surface area contributed by atoms with Gasteiger partial charge in [0.15, 0.2) is 21.3 Å². The van der Waals surface area contributed by atoms with Crippen LogP contribution in [0.5, 0.6) is 11.5 Å². The van der Waals surface area contributed by atoms with Crippen LogP contribution >= 0.6 is 0 Å². The second kappa shape index (κ2) is 3.58. The minimum atomic E-state index is -3.09. The molecule has 0 saturated heterocycles. The molecule has 1 aromatic rings. The van der Waals surface area contributed by atoms with Gasteiger partial charge in [-0.1, -0.05) is 6.07 Å². The van der Waals surface area contributed by atoms with Crippen molar-refractivity contribution in [2.45, 2.75) is 0 Å². The van der Waals surface area contributed by atoms with E-state index in [4.69, 9.17) is 9.47 Å². The van der Waals surface area contributed by atoms with Gasteiger partial charge in [0.1, 0.15) is 0 Å². The van der Waals surface area contributed by atoms with E-state index in [9.17, 15) is 8.42 Å². The molecule has 0 radical (unpaired) electrons. The van der Waals surface area contributed by atoms with E-state index in [0.717, 1.165) is 17.2 Å². The first kappa shape index (κ1) is 10.0. The molecular formula is C10H10O4S. The first-order valence-electron chi connectivity index (χ1n) is 4.32. The standard InChI is InChI=1S/C10H10O4S/c1-15(11,12)5-4-8-2-3-9-10(6-8)14-7-13-9/h2-6H,7H2,1H3. The second-order valence-electron chi connectivity index (χ2n) is 3.24. The quantitative estimate of drug-likeness (QED) is 0.765. The number of hydrogen-bond donors (Lipinski definition) is 0. The summed E-state index contributed by atoms with van der Waals surface area (Å²) in [5.74, 6) is 1.33. The van der Waals surface area contributed by atoms with Crippen LogP contribution in [0.1, 0.15) is 5.56 Å². The van der Waals surface area contributed by atoms with E-state index >= 15 is 0 Å². The lowest BCUT2D eigenvalue weighted by Gasteiger charge is -1.96. The number of hydrogen-bond acceptors (Lipinski definition) is 4. The Morgan fingerprint density at radius 2 is 2.00 bits per heavy atom. The summed E-state index contributed by atoms with van der Waals surface area (Å²) in [6.07, 6.45) is 2.67. The Kier molecular flexibility index (Phi) is 2.40. The van der Waals surface area contributed by atoms with E-state index in [1.807, 2.05) is 0 Å². The molecule has 0 spiro atoms. The third-order valence-corrected chi connectivity index (χ3v) is 2.53. The normalized spacial score (nSPS) is 14.7.